The number of amides is 1. The van der Waals surface area contributed by atoms with Crippen LogP contribution in [0.4, 0.5) is 5.69 Å². The first-order chi connectivity index (χ1) is 10.1. The summed E-state index contributed by atoms with van der Waals surface area (Å²) in [4.78, 5) is 16.3. The van der Waals surface area contributed by atoms with Crippen molar-refractivity contribution in [1.82, 2.24) is 15.5 Å². The minimum atomic E-state index is -0.439. The van der Waals surface area contributed by atoms with Crippen LogP contribution in [-0.4, -0.2) is 22.6 Å². The van der Waals surface area contributed by atoms with Crippen LogP contribution < -0.4 is 10.6 Å². The van der Waals surface area contributed by atoms with Gasteiger partial charge in [-0.2, -0.15) is 4.98 Å². The number of hydrogen-bond acceptors (Lipinski definition) is 5. The number of carbonyl (C=O) groups is 1. The summed E-state index contributed by atoms with van der Waals surface area (Å²) in [6.45, 7) is 0.921. The van der Waals surface area contributed by atoms with Gasteiger partial charge in [0.15, 0.2) is 0 Å². The van der Waals surface area contributed by atoms with Crippen molar-refractivity contribution in [3.63, 3.8) is 0 Å². The lowest BCUT2D eigenvalue weighted by atomic mass is 10.2. The molecule has 2 heterocycles. The van der Waals surface area contributed by atoms with Crippen LogP contribution in [-0.2, 0) is 0 Å². The molecule has 1 amide bonds. The molecule has 0 aliphatic carbocycles. The van der Waals surface area contributed by atoms with Crippen LogP contribution in [0, 0.1) is 0 Å². The van der Waals surface area contributed by atoms with Gasteiger partial charge in [0.05, 0.1) is 21.2 Å². The lowest BCUT2D eigenvalue weighted by Crippen LogP contribution is -2.16. The monoisotopic (exact) mass is 370 g/mol. The summed E-state index contributed by atoms with van der Waals surface area (Å²) in [6.07, 6.45) is 1.99. The van der Waals surface area contributed by atoms with E-state index < -0.39 is 5.91 Å². The normalized spacial score (nSPS) is 17.9. The molecule has 0 spiro atoms. The molecule has 8 heteroatoms. The van der Waals surface area contributed by atoms with E-state index in [9.17, 15) is 4.79 Å². The molecule has 0 bridgehead atoms. The lowest BCUT2D eigenvalue weighted by Gasteiger charge is -2.06. The number of rotatable bonds is 3. The molecule has 1 aliphatic heterocycles. The Bertz CT molecular complexity index is 670. The molecule has 2 N–H and O–H groups in total. The molecule has 1 aliphatic rings. The van der Waals surface area contributed by atoms with E-state index in [2.05, 4.69) is 36.7 Å². The quantitative estimate of drug-likeness (QED) is 0.866. The zero-order chi connectivity index (χ0) is 14.8. The zero-order valence-electron chi connectivity index (χ0n) is 10.9. The highest BCUT2D eigenvalue weighted by Gasteiger charge is 2.24. The van der Waals surface area contributed by atoms with Gasteiger partial charge in [0.2, 0.25) is 5.89 Å². The Balaban J connectivity index is 1.75. The third-order valence-corrected chi connectivity index (χ3v) is 4.60. The second-order valence-corrected chi connectivity index (χ2v) is 5.86. The second-order valence-electron chi connectivity index (χ2n) is 4.66. The Morgan fingerprint density at radius 1 is 1.52 bits per heavy atom. The van der Waals surface area contributed by atoms with Crippen molar-refractivity contribution in [2.24, 2.45) is 0 Å². The number of carbonyl (C=O) groups excluding carboxylic acids is 1. The van der Waals surface area contributed by atoms with E-state index in [-0.39, 0.29) is 11.9 Å². The molecule has 1 aromatic carbocycles. The van der Waals surface area contributed by atoms with Crippen LogP contribution in [0.1, 0.15) is 35.4 Å². The van der Waals surface area contributed by atoms with Crippen LogP contribution in [0.25, 0.3) is 0 Å². The molecule has 2 aromatic rings. The van der Waals surface area contributed by atoms with E-state index in [1.165, 1.54) is 0 Å². The van der Waals surface area contributed by atoms with Crippen molar-refractivity contribution in [2.75, 3.05) is 11.9 Å². The molecule has 1 saturated heterocycles. The molecular formula is C13H12BrClN4O2. The van der Waals surface area contributed by atoms with Crippen LogP contribution >= 0.6 is 27.5 Å². The summed E-state index contributed by atoms with van der Waals surface area (Å²) in [7, 11) is 0. The van der Waals surface area contributed by atoms with E-state index in [0.29, 0.717) is 21.1 Å². The van der Waals surface area contributed by atoms with Crippen molar-refractivity contribution in [3.8, 4) is 0 Å². The molecule has 6 nitrogen and oxygen atoms in total. The van der Waals surface area contributed by atoms with E-state index in [1.807, 2.05) is 0 Å². The number of halogens is 2. The minimum absolute atomic E-state index is 0.00516. The van der Waals surface area contributed by atoms with Gasteiger partial charge in [-0.15, -0.1) is 0 Å². The molecule has 1 atom stereocenters. The zero-order valence-corrected chi connectivity index (χ0v) is 13.2. The Labute approximate surface area is 134 Å². The minimum Gasteiger partial charge on any atom is -0.337 e. The Morgan fingerprint density at radius 2 is 2.38 bits per heavy atom. The summed E-state index contributed by atoms with van der Waals surface area (Å²) >= 11 is 9.30. The smallest absolute Gasteiger partial charge is 0.297 e. The number of nitrogens with zero attached hydrogens (tertiary/aromatic N) is 2. The van der Waals surface area contributed by atoms with Gasteiger partial charge in [0.25, 0.3) is 11.7 Å². The summed E-state index contributed by atoms with van der Waals surface area (Å²) in [5.74, 6) is 0.0133. The van der Waals surface area contributed by atoms with Gasteiger partial charge in [-0.05, 0) is 47.4 Å². The maximum absolute atomic E-state index is 12.1. The molecular weight excluding hydrogens is 360 g/mol. The highest BCUT2D eigenvalue weighted by atomic mass is 79.9. The molecule has 21 heavy (non-hydrogen) atoms. The fourth-order valence-electron chi connectivity index (χ4n) is 2.14. The predicted octanol–water partition coefficient (Wildman–Crippen LogP) is 3.16. The summed E-state index contributed by atoms with van der Waals surface area (Å²) < 4.78 is 5.75. The molecule has 1 unspecified atom stereocenters. The average molecular weight is 372 g/mol. The van der Waals surface area contributed by atoms with Gasteiger partial charge in [-0.25, -0.2) is 0 Å². The first-order valence-corrected chi connectivity index (χ1v) is 7.64. The molecule has 110 valence electrons. The third kappa shape index (κ3) is 3.09. The Kier molecular flexibility index (Phi) is 4.23. The fraction of sp³-hybridized carbons (Fsp3) is 0.308. The van der Waals surface area contributed by atoms with Crippen LogP contribution in [0.2, 0.25) is 5.02 Å². The van der Waals surface area contributed by atoms with Gasteiger partial charge in [-0.1, -0.05) is 22.8 Å². The summed E-state index contributed by atoms with van der Waals surface area (Å²) in [6, 6.07) is 5.23. The Hall–Kier alpha value is -1.44. The maximum atomic E-state index is 12.1. The van der Waals surface area contributed by atoms with Crippen molar-refractivity contribution in [1.29, 1.82) is 0 Å². The highest BCUT2D eigenvalue weighted by molar-refractivity contribution is 9.10. The Morgan fingerprint density at radius 3 is 3.14 bits per heavy atom. The molecule has 3 rings (SSSR count). The van der Waals surface area contributed by atoms with Crippen molar-refractivity contribution >= 4 is 39.1 Å². The van der Waals surface area contributed by atoms with E-state index in [0.717, 1.165) is 19.4 Å². The van der Waals surface area contributed by atoms with Gasteiger partial charge in [0, 0.05) is 0 Å². The van der Waals surface area contributed by atoms with Crippen molar-refractivity contribution < 1.29 is 9.32 Å². The van der Waals surface area contributed by atoms with Gasteiger partial charge in [-0.3, -0.25) is 4.79 Å². The summed E-state index contributed by atoms with van der Waals surface area (Å²) in [5.41, 5.74) is 0.554. The van der Waals surface area contributed by atoms with Crippen LogP contribution in [0.3, 0.4) is 0 Å². The van der Waals surface area contributed by atoms with Gasteiger partial charge >= 0.3 is 0 Å². The average Bonchev–Trinajstić information content (AvgIpc) is 3.13. The number of anilines is 1. The lowest BCUT2D eigenvalue weighted by molar-refractivity contribution is 0.101. The number of aromatic nitrogens is 2. The van der Waals surface area contributed by atoms with Crippen LogP contribution in [0.5, 0.6) is 0 Å². The first kappa shape index (κ1) is 14.5. The standard InChI is InChI=1S/C13H12BrClN4O2/c14-10-7(15)3-1-4-8(10)17-12(20)11-18-13(21-19-11)9-5-2-6-16-9/h1,3-4,9,16H,2,5-6H2,(H,17,20). The van der Waals surface area contributed by atoms with E-state index in [1.54, 1.807) is 18.2 Å². The largest absolute Gasteiger partial charge is 0.337 e. The number of benzene rings is 1. The molecule has 1 aromatic heterocycles. The van der Waals surface area contributed by atoms with Crippen molar-refractivity contribution in [2.45, 2.75) is 18.9 Å². The topological polar surface area (TPSA) is 80.0 Å². The summed E-state index contributed by atoms with van der Waals surface area (Å²) in [5, 5.41) is 10.2. The van der Waals surface area contributed by atoms with E-state index in [4.69, 9.17) is 16.1 Å². The molecule has 0 radical (unpaired) electrons. The van der Waals surface area contributed by atoms with Gasteiger partial charge in [0.1, 0.15) is 0 Å². The second kappa shape index (κ2) is 6.13. The third-order valence-electron chi connectivity index (χ3n) is 3.20. The van der Waals surface area contributed by atoms with E-state index >= 15 is 0 Å². The predicted molar refractivity (Wildman–Crippen MR) is 81.4 cm³/mol. The first-order valence-electron chi connectivity index (χ1n) is 6.47. The highest BCUT2D eigenvalue weighted by Crippen LogP contribution is 2.30. The SMILES string of the molecule is O=C(Nc1cccc(Cl)c1Br)c1noc(C2CCCN2)n1. The number of nitrogens with one attached hydrogen (secondary N) is 2. The van der Waals surface area contributed by atoms with Gasteiger partial charge < -0.3 is 15.2 Å². The fourth-order valence-corrected chi connectivity index (χ4v) is 2.68. The molecule has 0 saturated carbocycles. The number of hydrogen-bond donors (Lipinski definition) is 2. The molecule has 1 fully saturated rings. The van der Waals surface area contributed by atoms with Crippen molar-refractivity contribution in [3.05, 3.63) is 39.4 Å². The maximum Gasteiger partial charge on any atom is 0.297 e. The van der Waals surface area contributed by atoms with Crippen LogP contribution in [0.15, 0.2) is 27.2 Å².